The predicted molar refractivity (Wildman–Crippen MR) is 40.1 cm³/mol. The summed E-state index contributed by atoms with van der Waals surface area (Å²) < 4.78 is 0. The molecule has 1 heteroatoms. The summed E-state index contributed by atoms with van der Waals surface area (Å²) in [6, 6.07) is 0.523. The lowest BCUT2D eigenvalue weighted by molar-refractivity contribution is 0.709. The van der Waals surface area contributed by atoms with Crippen LogP contribution < -0.4 is 5.32 Å². The van der Waals surface area contributed by atoms with Crippen molar-refractivity contribution in [3.05, 3.63) is 23.4 Å². The van der Waals surface area contributed by atoms with Crippen molar-refractivity contribution >= 4 is 0 Å². The molecule has 0 aromatic heterocycles. The van der Waals surface area contributed by atoms with Gasteiger partial charge in [-0.05, 0) is 44.2 Å². The Labute approximate surface area is 56.5 Å². The molecule has 1 aliphatic heterocycles. The van der Waals surface area contributed by atoms with E-state index in [-0.39, 0.29) is 0 Å². The molecule has 1 N–H and O–H groups in total. The van der Waals surface area contributed by atoms with Crippen LogP contribution in [0.1, 0.15) is 20.8 Å². The zero-order valence-corrected chi connectivity index (χ0v) is 6.23. The normalized spacial score (nSPS) is 26.3. The van der Waals surface area contributed by atoms with E-state index in [0.717, 1.165) is 0 Å². The minimum absolute atomic E-state index is 0.523. The third kappa shape index (κ3) is 1.15. The fraction of sp³-hybridized carbons (Fsp3) is 0.500. The highest BCUT2D eigenvalue weighted by molar-refractivity contribution is 5.29. The highest BCUT2D eigenvalue weighted by Crippen LogP contribution is 2.12. The van der Waals surface area contributed by atoms with Crippen LogP contribution in [-0.2, 0) is 0 Å². The van der Waals surface area contributed by atoms with E-state index in [9.17, 15) is 0 Å². The number of nitrogens with one attached hydrogen (secondary N) is 1. The van der Waals surface area contributed by atoms with Crippen LogP contribution in [0.4, 0.5) is 0 Å². The van der Waals surface area contributed by atoms with E-state index >= 15 is 0 Å². The van der Waals surface area contributed by atoms with Crippen LogP contribution in [0.25, 0.3) is 0 Å². The first-order valence-corrected chi connectivity index (χ1v) is 3.32. The molecule has 1 aliphatic rings. The van der Waals surface area contributed by atoms with Gasteiger partial charge in [0.2, 0.25) is 0 Å². The first kappa shape index (κ1) is 6.40. The number of rotatable bonds is 0. The van der Waals surface area contributed by atoms with Crippen molar-refractivity contribution in [3.8, 4) is 0 Å². The molecule has 1 atom stereocenters. The Hall–Kier alpha value is -0.720. The van der Waals surface area contributed by atoms with Crippen molar-refractivity contribution in [3.63, 3.8) is 0 Å². The first-order valence-electron chi connectivity index (χ1n) is 3.32. The summed E-state index contributed by atoms with van der Waals surface area (Å²) in [4.78, 5) is 0. The average Bonchev–Trinajstić information content (AvgIpc) is 1.83. The topological polar surface area (TPSA) is 12.0 Å². The lowest BCUT2D eigenvalue weighted by Gasteiger charge is -2.18. The van der Waals surface area contributed by atoms with Gasteiger partial charge in [-0.1, -0.05) is 0 Å². The van der Waals surface area contributed by atoms with Crippen molar-refractivity contribution in [2.45, 2.75) is 26.8 Å². The fourth-order valence-corrected chi connectivity index (χ4v) is 0.915. The molecule has 0 saturated heterocycles. The molecule has 50 valence electrons. The monoisotopic (exact) mass is 123 g/mol. The maximum atomic E-state index is 3.22. The van der Waals surface area contributed by atoms with Crippen LogP contribution in [0.2, 0.25) is 0 Å². The summed E-state index contributed by atoms with van der Waals surface area (Å²) in [5.41, 5.74) is 2.83. The molecule has 0 amide bonds. The third-order valence-electron chi connectivity index (χ3n) is 1.95. The summed E-state index contributed by atoms with van der Waals surface area (Å²) in [6.07, 6.45) is 4.11. The van der Waals surface area contributed by atoms with Crippen LogP contribution in [0.5, 0.6) is 0 Å². The van der Waals surface area contributed by atoms with E-state index in [2.05, 4.69) is 32.2 Å². The molecule has 0 spiro atoms. The zero-order valence-electron chi connectivity index (χ0n) is 6.23. The van der Waals surface area contributed by atoms with Gasteiger partial charge in [-0.2, -0.15) is 0 Å². The summed E-state index contributed by atoms with van der Waals surface area (Å²) >= 11 is 0. The van der Waals surface area contributed by atoms with E-state index < -0.39 is 0 Å². The molecular weight excluding hydrogens is 110 g/mol. The smallest absolute Gasteiger partial charge is 0.0442 e. The molecular formula is C8H13N. The van der Waals surface area contributed by atoms with Crippen LogP contribution in [0.15, 0.2) is 23.4 Å². The van der Waals surface area contributed by atoms with Crippen molar-refractivity contribution in [2.24, 2.45) is 0 Å². The van der Waals surface area contributed by atoms with E-state index in [0.29, 0.717) is 6.04 Å². The quantitative estimate of drug-likeness (QED) is 0.518. The van der Waals surface area contributed by atoms with Crippen LogP contribution in [0.3, 0.4) is 0 Å². The SMILES string of the molecule is CC1=C(C)C(C)NC=C1. The molecule has 0 aromatic carbocycles. The first-order chi connectivity index (χ1) is 4.22. The summed E-state index contributed by atoms with van der Waals surface area (Å²) in [7, 11) is 0. The highest BCUT2D eigenvalue weighted by atomic mass is 14.9. The van der Waals surface area contributed by atoms with E-state index in [4.69, 9.17) is 0 Å². The van der Waals surface area contributed by atoms with E-state index in [1.807, 2.05) is 6.20 Å². The van der Waals surface area contributed by atoms with Gasteiger partial charge in [0.25, 0.3) is 0 Å². The van der Waals surface area contributed by atoms with Crippen molar-refractivity contribution in [1.82, 2.24) is 5.32 Å². The van der Waals surface area contributed by atoms with Crippen molar-refractivity contribution in [2.75, 3.05) is 0 Å². The molecule has 0 aliphatic carbocycles. The maximum absolute atomic E-state index is 3.22. The van der Waals surface area contributed by atoms with Gasteiger partial charge in [-0.25, -0.2) is 0 Å². The largest absolute Gasteiger partial charge is 0.385 e. The van der Waals surface area contributed by atoms with Crippen LogP contribution >= 0.6 is 0 Å². The molecule has 0 fully saturated rings. The Balaban J connectivity index is 2.83. The minimum atomic E-state index is 0.523. The molecule has 1 rings (SSSR count). The Bertz CT molecular complexity index is 165. The Morgan fingerprint density at radius 2 is 2.11 bits per heavy atom. The second kappa shape index (κ2) is 2.26. The zero-order chi connectivity index (χ0) is 6.85. The number of hydrogen-bond acceptors (Lipinski definition) is 1. The standard InChI is InChI=1S/C8H13N/c1-6-4-5-9-8(3)7(6)2/h4-5,8-9H,1-3H3. The number of hydrogen-bond donors (Lipinski definition) is 1. The number of allylic oxidation sites excluding steroid dienone is 2. The Morgan fingerprint density at radius 1 is 1.44 bits per heavy atom. The van der Waals surface area contributed by atoms with Gasteiger partial charge in [-0.3, -0.25) is 0 Å². The summed E-state index contributed by atoms with van der Waals surface area (Å²) in [5.74, 6) is 0. The number of dihydropyridines is 1. The van der Waals surface area contributed by atoms with Crippen molar-refractivity contribution in [1.29, 1.82) is 0 Å². The van der Waals surface area contributed by atoms with E-state index in [1.165, 1.54) is 11.1 Å². The van der Waals surface area contributed by atoms with Gasteiger partial charge >= 0.3 is 0 Å². The molecule has 0 bridgehead atoms. The second-order valence-electron chi connectivity index (χ2n) is 2.59. The lowest BCUT2D eigenvalue weighted by atomic mass is 10.0. The second-order valence-corrected chi connectivity index (χ2v) is 2.59. The van der Waals surface area contributed by atoms with Gasteiger partial charge < -0.3 is 5.32 Å². The van der Waals surface area contributed by atoms with Crippen molar-refractivity contribution < 1.29 is 0 Å². The maximum Gasteiger partial charge on any atom is 0.0442 e. The summed E-state index contributed by atoms with van der Waals surface area (Å²) in [6.45, 7) is 6.47. The molecule has 0 aromatic rings. The molecule has 0 radical (unpaired) electrons. The van der Waals surface area contributed by atoms with E-state index in [1.54, 1.807) is 0 Å². The van der Waals surface area contributed by atoms with Crippen LogP contribution in [-0.4, -0.2) is 6.04 Å². The molecule has 1 unspecified atom stereocenters. The Morgan fingerprint density at radius 3 is 2.56 bits per heavy atom. The average molecular weight is 123 g/mol. The van der Waals surface area contributed by atoms with Gasteiger partial charge in [0.15, 0.2) is 0 Å². The molecule has 1 nitrogen and oxygen atoms in total. The molecule has 9 heavy (non-hydrogen) atoms. The van der Waals surface area contributed by atoms with Gasteiger partial charge in [0.1, 0.15) is 0 Å². The summed E-state index contributed by atoms with van der Waals surface area (Å²) in [5, 5.41) is 3.22. The molecule has 0 saturated carbocycles. The van der Waals surface area contributed by atoms with Crippen LogP contribution in [0, 0.1) is 0 Å². The fourth-order valence-electron chi connectivity index (χ4n) is 0.915. The third-order valence-corrected chi connectivity index (χ3v) is 1.95. The molecule has 1 heterocycles. The van der Waals surface area contributed by atoms with Gasteiger partial charge in [0, 0.05) is 6.04 Å². The highest BCUT2D eigenvalue weighted by Gasteiger charge is 2.06. The minimum Gasteiger partial charge on any atom is -0.385 e. The lowest BCUT2D eigenvalue weighted by Crippen LogP contribution is -2.24. The van der Waals surface area contributed by atoms with Gasteiger partial charge in [-0.15, -0.1) is 0 Å². The van der Waals surface area contributed by atoms with Gasteiger partial charge in [0.05, 0.1) is 0 Å². The predicted octanol–water partition coefficient (Wildman–Crippen LogP) is 1.83. The Kier molecular flexibility index (Phi) is 1.60.